The third-order valence-electron chi connectivity index (χ3n) is 3.62. The van der Waals surface area contributed by atoms with Crippen LogP contribution in [-0.4, -0.2) is 28.4 Å². The van der Waals surface area contributed by atoms with Crippen LogP contribution in [0, 0.1) is 11.5 Å². The van der Waals surface area contributed by atoms with Crippen molar-refractivity contribution in [1.82, 2.24) is 20.8 Å². The lowest BCUT2D eigenvalue weighted by Gasteiger charge is -2.07. The fraction of sp³-hybridized carbons (Fsp3) is 0.316. The first-order valence-electron chi connectivity index (χ1n) is 8.94. The summed E-state index contributed by atoms with van der Waals surface area (Å²) in [5.41, 5.74) is 4.17. The van der Waals surface area contributed by atoms with E-state index in [9.17, 15) is 4.79 Å². The van der Waals surface area contributed by atoms with Gasteiger partial charge in [-0.25, -0.2) is 5.48 Å². The Balaban J connectivity index is 1.57. The lowest BCUT2D eigenvalue weighted by Crippen LogP contribution is -2.27. The molecule has 9 heteroatoms. The van der Waals surface area contributed by atoms with E-state index in [2.05, 4.69) is 31.1 Å². The van der Waals surface area contributed by atoms with Crippen LogP contribution < -0.4 is 16.1 Å². The molecular weight excluding hydrogens is 358 g/mol. The Morgan fingerprint density at radius 1 is 1.07 bits per heavy atom. The lowest BCUT2D eigenvalue weighted by atomic mass is 10.2. The SMILES string of the molecule is N#CNC(=NCCCCCC(=O)NOCc1ccncc1)Nc1ccncc1. The van der Waals surface area contributed by atoms with E-state index in [4.69, 9.17) is 10.1 Å². The van der Waals surface area contributed by atoms with Gasteiger partial charge in [0.25, 0.3) is 0 Å². The highest BCUT2D eigenvalue weighted by molar-refractivity contribution is 5.94. The fourth-order valence-electron chi connectivity index (χ4n) is 2.23. The van der Waals surface area contributed by atoms with E-state index in [1.54, 1.807) is 36.9 Å². The van der Waals surface area contributed by atoms with Crippen LogP contribution in [0.4, 0.5) is 5.69 Å². The Hall–Kier alpha value is -3.51. The summed E-state index contributed by atoms with van der Waals surface area (Å²) in [4.78, 5) is 29.1. The van der Waals surface area contributed by atoms with Gasteiger partial charge in [0.05, 0.1) is 6.61 Å². The summed E-state index contributed by atoms with van der Waals surface area (Å²) < 4.78 is 0. The number of guanidine groups is 1. The number of aliphatic imine (C=N–C) groups is 1. The zero-order valence-corrected chi connectivity index (χ0v) is 15.5. The number of aromatic nitrogens is 2. The minimum absolute atomic E-state index is 0.149. The quantitative estimate of drug-likeness (QED) is 0.144. The molecule has 0 saturated heterocycles. The van der Waals surface area contributed by atoms with Gasteiger partial charge in [-0.2, -0.15) is 5.26 Å². The predicted octanol–water partition coefficient (Wildman–Crippen LogP) is 2.12. The van der Waals surface area contributed by atoms with Crippen LogP contribution in [0.5, 0.6) is 0 Å². The maximum Gasteiger partial charge on any atom is 0.243 e. The van der Waals surface area contributed by atoms with Gasteiger partial charge in [0.2, 0.25) is 11.9 Å². The number of pyridine rings is 2. The number of carbonyl (C=O) groups is 1. The van der Waals surface area contributed by atoms with Crippen LogP contribution in [-0.2, 0) is 16.2 Å². The number of nitrogens with zero attached hydrogens (tertiary/aromatic N) is 4. The number of anilines is 1. The Morgan fingerprint density at radius 2 is 1.79 bits per heavy atom. The van der Waals surface area contributed by atoms with Crippen molar-refractivity contribution < 1.29 is 9.63 Å². The Labute approximate surface area is 163 Å². The molecule has 28 heavy (non-hydrogen) atoms. The number of amides is 1. The molecule has 3 N–H and O–H groups in total. The summed E-state index contributed by atoms with van der Waals surface area (Å²) in [5, 5.41) is 14.3. The van der Waals surface area contributed by atoms with Crippen LogP contribution in [0.2, 0.25) is 0 Å². The van der Waals surface area contributed by atoms with Gasteiger partial charge in [-0.05, 0) is 42.7 Å². The summed E-state index contributed by atoms with van der Waals surface area (Å²) in [5.74, 6) is 0.236. The molecule has 0 aromatic carbocycles. The van der Waals surface area contributed by atoms with Crippen molar-refractivity contribution in [2.45, 2.75) is 32.3 Å². The van der Waals surface area contributed by atoms with E-state index in [1.807, 2.05) is 18.3 Å². The van der Waals surface area contributed by atoms with E-state index in [0.29, 0.717) is 25.5 Å². The van der Waals surface area contributed by atoms with Crippen molar-refractivity contribution >= 4 is 17.6 Å². The second-order valence-electron chi connectivity index (χ2n) is 5.81. The van der Waals surface area contributed by atoms with Crippen LogP contribution in [0.1, 0.15) is 31.2 Å². The molecule has 0 aliphatic rings. The topological polar surface area (TPSA) is 124 Å². The molecule has 146 valence electrons. The highest BCUT2D eigenvalue weighted by atomic mass is 16.6. The van der Waals surface area contributed by atoms with Gasteiger partial charge in [0.1, 0.15) is 0 Å². The number of hydrogen-bond donors (Lipinski definition) is 3. The van der Waals surface area contributed by atoms with Crippen molar-refractivity contribution in [2.75, 3.05) is 11.9 Å². The third-order valence-corrected chi connectivity index (χ3v) is 3.62. The molecule has 0 fully saturated rings. The summed E-state index contributed by atoms with van der Waals surface area (Å²) in [7, 11) is 0. The highest BCUT2D eigenvalue weighted by Gasteiger charge is 2.02. The van der Waals surface area contributed by atoms with E-state index < -0.39 is 0 Å². The van der Waals surface area contributed by atoms with Gasteiger partial charge in [-0.15, -0.1) is 0 Å². The Bertz CT molecular complexity index is 776. The monoisotopic (exact) mass is 381 g/mol. The molecule has 1 amide bonds. The number of nitriles is 1. The average molecular weight is 381 g/mol. The van der Waals surface area contributed by atoms with Gasteiger partial charge in [-0.1, -0.05) is 6.42 Å². The second kappa shape index (κ2) is 12.8. The van der Waals surface area contributed by atoms with E-state index in [-0.39, 0.29) is 5.91 Å². The Morgan fingerprint density at radius 3 is 2.50 bits per heavy atom. The third kappa shape index (κ3) is 8.73. The standard InChI is InChI=1S/C19H23N7O2/c20-15-24-19(25-17-7-12-22-13-8-17)23-9-3-1-2-4-18(27)26-28-14-16-5-10-21-11-6-16/h5-8,10-13H,1-4,9,14H2,(H,26,27)(H2,22,23,24,25). The molecule has 0 radical (unpaired) electrons. The predicted molar refractivity (Wildman–Crippen MR) is 105 cm³/mol. The second-order valence-corrected chi connectivity index (χ2v) is 5.81. The number of hydroxylamine groups is 1. The maximum atomic E-state index is 11.7. The molecule has 0 saturated carbocycles. The lowest BCUT2D eigenvalue weighted by molar-refractivity contribution is -0.134. The van der Waals surface area contributed by atoms with Gasteiger partial charge in [-0.3, -0.25) is 29.9 Å². The number of carbonyl (C=O) groups excluding carboxylic acids is 1. The zero-order valence-electron chi connectivity index (χ0n) is 15.5. The van der Waals surface area contributed by atoms with E-state index in [1.165, 1.54) is 0 Å². The van der Waals surface area contributed by atoms with Gasteiger partial charge >= 0.3 is 0 Å². The summed E-state index contributed by atoms with van der Waals surface area (Å²) in [6, 6.07) is 7.21. The number of rotatable bonds is 10. The molecule has 2 aromatic rings. The number of hydrogen-bond acceptors (Lipinski definition) is 6. The minimum Gasteiger partial charge on any atom is -0.325 e. The van der Waals surface area contributed by atoms with Crippen LogP contribution in [0.25, 0.3) is 0 Å². The minimum atomic E-state index is -0.149. The Kier molecular flexibility index (Phi) is 9.49. The molecule has 0 unspecified atom stereocenters. The van der Waals surface area contributed by atoms with E-state index >= 15 is 0 Å². The first-order valence-corrected chi connectivity index (χ1v) is 8.94. The smallest absolute Gasteiger partial charge is 0.243 e. The molecule has 2 aromatic heterocycles. The molecule has 0 aliphatic heterocycles. The molecule has 2 heterocycles. The van der Waals surface area contributed by atoms with Crippen molar-refractivity contribution in [3.05, 3.63) is 54.6 Å². The van der Waals surface area contributed by atoms with Gasteiger partial charge in [0, 0.05) is 43.4 Å². The van der Waals surface area contributed by atoms with Crippen LogP contribution >= 0.6 is 0 Å². The van der Waals surface area contributed by atoms with Crippen LogP contribution in [0.15, 0.2) is 54.0 Å². The summed E-state index contributed by atoms with van der Waals surface area (Å²) in [6.45, 7) is 0.852. The van der Waals surface area contributed by atoms with Gasteiger partial charge in [0.15, 0.2) is 6.19 Å². The molecule has 9 nitrogen and oxygen atoms in total. The van der Waals surface area contributed by atoms with Crippen molar-refractivity contribution in [3.63, 3.8) is 0 Å². The summed E-state index contributed by atoms with van der Waals surface area (Å²) in [6.07, 6.45) is 11.3. The molecule has 0 bridgehead atoms. The molecule has 0 spiro atoms. The van der Waals surface area contributed by atoms with Crippen LogP contribution in [0.3, 0.4) is 0 Å². The van der Waals surface area contributed by atoms with Gasteiger partial charge < -0.3 is 5.32 Å². The first-order chi connectivity index (χ1) is 13.8. The zero-order chi connectivity index (χ0) is 19.9. The summed E-state index contributed by atoms with van der Waals surface area (Å²) >= 11 is 0. The van der Waals surface area contributed by atoms with Crippen molar-refractivity contribution in [1.29, 1.82) is 5.26 Å². The molecule has 0 atom stereocenters. The first kappa shape index (κ1) is 20.8. The average Bonchev–Trinajstić information content (AvgIpc) is 2.72. The molecule has 0 aliphatic carbocycles. The van der Waals surface area contributed by atoms with Crippen molar-refractivity contribution in [2.24, 2.45) is 4.99 Å². The molecular formula is C19H23N7O2. The number of nitrogens with one attached hydrogen (secondary N) is 3. The maximum absolute atomic E-state index is 11.7. The van der Waals surface area contributed by atoms with E-state index in [0.717, 1.165) is 30.5 Å². The highest BCUT2D eigenvalue weighted by Crippen LogP contribution is 2.04. The fourth-order valence-corrected chi connectivity index (χ4v) is 2.23. The molecule has 2 rings (SSSR count). The number of unbranched alkanes of at least 4 members (excludes halogenated alkanes) is 2. The normalized spacial score (nSPS) is 10.8. The largest absolute Gasteiger partial charge is 0.325 e. The van der Waals surface area contributed by atoms with Crippen molar-refractivity contribution in [3.8, 4) is 6.19 Å².